The third-order valence-corrected chi connectivity index (χ3v) is 3.90. The molecule has 0 radical (unpaired) electrons. The first-order chi connectivity index (χ1) is 10.0. The number of fused-ring (bicyclic) bond motifs is 1. The van der Waals surface area contributed by atoms with E-state index in [-0.39, 0.29) is 17.8 Å². The van der Waals surface area contributed by atoms with Crippen molar-refractivity contribution in [1.82, 2.24) is 9.97 Å². The first kappa shape index (κ1) is 14.1. The monoisotopic (exact) mass is 286 g/mol. The number of aromatic nitrogens is 2. The molecule has 0 aliphatic heterocycles. The van der Waals surface area contributed by atoms with Crippen molar-refractivity contribution in [2.75, 3.05) is 0 Å². The number of aliphatic hydroxyl groups is 1. The highest BCUT2D eigenvalue weighted by atomic mass is 19.1. The molecule has 1 N–H and O–H groups in total. The molecule has 3 rings (SSSR count). The van der Waals surface area contributed by atoms with E-state index in [1.807, 2.05) is 0 Å². The maximum atomic E-state index is 13.1. The van der Waals surface area contributed by atoms with E-state index in [4.69, 9.17) is 4.98 Å². The van der Waals surface area contributed by atoms with Crippen LogP contribution in [0.5, 0.6) is 0 Å². The van der Waals surface area contributed by atoms with Crippen molar-refractivity contribution >= 4 is 0 Å². The number of nitrogens with zero attached hydrogens (tertiary/aromatic N) is 2. The van der Waals surface area contributed by atoms with Gasteiger partial charge in [0.25, 0.3) is 0 Å². The summed E-state index contributed by atoms with van der Waals surface area (Å²) in [5.41, 5.74) is 3.83. The van der Waals surface area contributed by atoms with E-state index < -0.39 is 0 Å². The molecule has 0 saturated heterocycles. The average Bonchev–Trinajstić information content (AvgIpc) is 2.46. The molecule has 0 saturated carbocycles. The first-order valence-corrected chi connectivity index (χ1v) is 7.38. The van der Waals surface area contributed by atoms with Crippen molar-refractivity contribution in [2.45, 2.75) is 45.1 Å². The molecule has 110 valence electrons. The molecular formula is C17H19FN2O. The molecule has 0 amide bonds. The second-order valence-electron chi connectivity index (χ2n) is 5.91. The Morgan fingerprint density at radius 1 is 1.19 bits per heavy atom. The molecule has 0 fully saturated rings. The van der Waals surface area contributed by atoms with Gasteiger partial charge in [0.2, 0.25) is 0 Å². The Kier molecular flexibility index (Phi) is 3.72. The first-order valence-electron chi connectivity index (χ1n) is 7.38. The topological polar surface area (TPSA) is 46.0 Å². The zero-order chi connectivity index (χ0) is 15.0. The number of hydrogen-bond acceptors (Lipinski definition) is 3. The molecule has 1 aromatic heterocycles. The van der Waals surface area contributed by atoms with Crippen LogP contribution < -0.4 is 0 Å². The smallest absolute Gasteiger partial charge is 0.131 e. The van der Waals surface area contributed by atoms with Gasteiger partial charge in [-0.3, -0.25) is 0 Å². The second kappa shape index (κ2) is 5.53. The fraction of sp³-hybridized carbons (Fsp3) is 0.412. The largest absolute Gasteiger partial charge is 0.393 e. The lowest BCUT2D eigenvalue weighted by Crippen LogP contribution is -2.22. The molecule has 0 bridgehead atoms. The Labute approximate surface area is 123 Å². The summed E-state index contributed by atoms with van der Waals surface area (Å²) in [4.78, 5) is 9.32. The highest BCUT2D eigenvalue weighted by Crippen LogP contribution is 2.30. The quantitative estimate of drug-likeness (QED) is 0.921. The molecule has 0 spiro atoms. The summed E-state index contributed by atoms with van der Waals surface area (Å²) < 4.78 is 13.1. The summed E-state index contributed by atoms with van der Waals surface area (Å²) in [6.07, 6.45) is 1.74. The molecule has 1 unspecified atom stereocenters. The van der Waals surface area contributed by atoms with Crippen LogP contribution >= 0.6 is 0 Å². The van der Waals surface area contributed by atoms with Crippen LogP contribution in [0.3, 0.4) is 0 Å². The van der Waals surface area contributed by atoms with Crippen molar-refractivity contribution < 1.29 is 9.50 Å². The fourth-order valence-electron chi connectivity index (χ4n) is 2.72. The summed E-state index contributed by atoms with van der Waals surface area (Å²) in [7, 11) is 0. The third-order valence-electron chi connectivity index (χ3n) is 3.90. The summed E-state index contributed by atoms with van der Waals surface area (Å²) >= 11 is 0. The van der Waals surface area contributed by atoms with E-state index >= 15 is 0 Å². The molecule has 1 atom stereocenters. The average molecular weight is 286 g/mol. The molecule has 3 nitrogen and oxygen atoms in total. The summed E-state index contributed by atoms with van der Waals surface area (Å²) in [6, 6.07) is 6.42. The van der Waals surface area contributed by atoms with Gasteiger partial charge < -0.3 is 5.11 Å². The normalized spacial score (nSPS) is 17.9. The highest BCUT2D eigenvalue weighted by Gasteiger charge is 2.23. The van der Waals surface area contributed by atoms with Crippen LogP contribution in [0.1, 0.15) is 43.3 Å². The predicted octanol–water partition coefficient (Wildman–Crippen LogP) is 3.26. The lowest BCUT2D eigenvalue weighted by atomic mass is 9.90. The standard InChI is InChI=1S/C17H19FN2O/c1-10(2)17-19-15-9-13(21)7-8-14(15)16(20-17)11-3-5-12(18)6-4-11/h3-6,10,13,21H,7-9H2,1-2H3. The minimum absolute atomic E-state index is 0.216. The molecule has 4 heteroatoms. The van der Waals surface area contributed by atoms with Crippen LogP contribution in [-0.4, -0.2) is 21.2 Å². The van der Waals surface area contributed by atoms with E-state index in [9.17, 15) is 9.50 Å². The fourth-order valence-corrected chi connectivity index (χ4v) is 2.72. The Bertz CT molecular complexity index is 653. The van der Waals surface area contributed by atoms with Gasteiger partial charge in [-0.05, 0) is 37.1 Å². The lowest BCUT2D eigenvalue weighted by Gasteiger charge is -2.23. The van der Waals surface area contributed by atoms with Crippen molar-refractivity contribution in [2.24, 2.45) is 0 Å². The van der Waals surface area contributed by atoms with Crippen molar-refractivity contribution in [3.05, 3.63) is 47.2 Å². The highest BCUT2D eigenvalue weighted by molar-refractivity contribution is 5.64. The van der Waals surface area contributed by atoms with Crippen LogP contribution in [0.15, 0.2) is 24.3 Å². The van der Waals surface area contributed by atoms with E-state index in [1.165, 1.54) is 12.1 Å². The minimum Gasteiger partial charge on any atom is -0.393 e. The van der Waals surface area contributed by atoms with Gasteiger partial charge in [0.05, 0.1) is 17.5 Å². The molecule has 2 aromatic rings. The molecule has 1 aliphatic carbocycles. The zero-order valence-electron chi connectivity index (χ0n) is 12.3. The maximum Gasteiger partial charge on any atom is 0.131 e. The van der Waals surface area contributed by atoms with E-state index in [2.05, 4.69) is 18.8 Å². The number of rotatable bonds is 2. The zero-order valence-corrected chi connectivity index (χ0v) is 12.3. The van der Waals surface area contributed by atoms with Gasteiger partial charge in [-0.2, -0.15) is 0 Å². The Hall–Kier alpha value is -1.81. The minimum atomic E-state index is -0.325. The third kappa shape index (κ3) is 2.81. The number of halogens is 1. The summed E-state index contributed by atoms with van der Waals surface area (Å²) in [5.74, 6) is 0.747. The van der Waals surface area contributed by atoms with E-state index in [0.29, 0.717) is 6.42 Å². The summed E-state index contributed by atoms with van der Waals surface area (Å²) in [5, 5.41) is 9.87. The van der Waals surface area contributed by atoms with Gasteiger partial charge >= 0.3 is 0 Å². The Morgan fingerprint density at radius 2 is 1.90 bits per heavy atom. The molecule has 1 heterocycles. The van der Waals surface area contributed by atoms with Gasteiger partial charge in [-0.15, -0.1) is 0 Å². The van der Waals surface area contributed by atoms with Crippen LogP contribution in [0.4, 0.5) is 4.39 Å². The van der Waals surface area contributed by atoms with Gasteiger partial charge in [-0.1, -0.05) is 13.8 Å². The Balaban J connectivity index is 2.16. The Morgan fingerprint density at radius 3 is 2.57 bits per heavy atom. The van der Waals surface area contributed by atoms with Gasteiger partial charge in [0, 0.05) is 23.5 Å². The maximum absolute atomic E-state index is 13.1. The van der Waals surface area contributed by atoms with Crippen LogP contribution in [-0.2, 0) is 12.8 Å². The van der Waals surface area contributed by atoms with Crippen molar-refractivity contribution in [3.63, 3.8) is 0 Å². The molecular weight excluding hydrogens is 267 g/mol. The van der Waals surface area contributed by atoms with Crippen molar-refractivity contribution in [3.8, 4) is 11.3 Å². The molecule has 21 heavy (non-hydrogen) atoms. The second-order valence-corrected chi connectivity index (χ2v) is 5.91. The number of aliphatic hydroxyl groups excluding tert-OH is 1. The molecule has 1 aliphatic rings. The van der Waals surface area contributed by atoms with E-state index in [0.717, 1.165) is 41.2 Å². The van der Waals surface area contributed by atoms with Gasteiger partial charge in [0.1, 0.15) is 11.6 Å². The van der Waals surface area contributed by atoms with Gasteiger partial charge in [-0.25, -0.2) is 14.4 Å². The number of benzene rings is 1. The van der Waals surface area contributed by atoms with Crippen molar-refractivity contribution in [1.29, 1.82) is 0 Å². The van der Waals surface area contributed by atoms with Crippen LogP contribution in [0, 0.1) is 5.82 Å². The predicted molar refractivity (Wildman–Crippen MR) is 79.5 cm³/mol. The van der Waals surface area contributed by atoms with Crippen LogP contribution in [0.2, 0.25) is 0 Å². The lowest BCUT2D eigenvalue weighted by molar-refractivity contribution is 0.157. The van der Waals surface area contributed by atoms with E-state index in [1.54, 1.807) is 12.1 Å². The van der Waals surface area contributed by atoms with Crippen LogP contribution in [0.25, 0.3) is 11.3 Å². The van der Waals surface area contributed by atoms with Gasteiger partial charge in [0.15, 0.2) is 0 Å². The summed E-state index contributed by atoms with van der Waals surface area (Å²) in [6.45, 7) is 4.10. The number of hydrogen-bond donors (Lipinski definition) is 1. The SMILES string of the molecule is CC(C)c1nc2c(c(-c3ccc(F)cc3)n1)CCC(O)C2. The molecule has 1 aromatic carbocycles.